The number of para-hydroxylation sites is 1. The van der Waals surface area contributed by atoms with Crippen molar-refractivity contribution in [2.75, 3.05) is 13.2 Å². The molecule has 0 saturated heterocycles. The van der Waals surface area contributed by atoms with E-state index in [1.807, 2.05) is 55.8 Å². The summed E-state index contributed by atoms with van der Waals surface area (Å²) in [5.74, 6) is -0.474. The molecule has 7 nitrogen and oxygen atoms in total. The summed E-state index contributed by atoms with van der Waals surface area (Å²) >= 11 is 0. The van der Waals surface area contributed by atoms with Gasteiger partial charge in [0, 0.05) is 25.1 Å². The molecular formula is C31H50N4O3. The zero-order valence-electron chi connectivity index (χ0n) is 23.9. The number of aliphatic hydroxyl groups is 1. The number of carbonyl (C=O) groups excluding carboxylic acids is 2. The van der Waals surface area contributed by atoms with E-state index < -0.39 is 11.5 Å². The lowest BCUT2D eigenvalue weighted by Gasteiger charge is -2.30. The number of aryl methyl sites for hydroxylation is 1. The van der Waals surface area contributed by atoms with Crippen molar-refractivity contribution >= 4 is 22.7 Å². The van der Waals surface area contributed by atoms with Crippen LogP contribution in [-0.2, 0) is 11.3 Å². The minimum absolute atomic E-state index is 0.150. The van der Waals surface area contributed by atoms with Crippen LogP contribution < -0.4 is 10.6 Å². The second-order valence-corrected chi connectivity index (χ2v) is 11.3. The number of hydrogen-bond donors (Lipinski definition) is 3. The lowest BCUT2D eigenvalue weighted by Crippen LogP contribution is -2.53. The molecule has 0 spiro atoms. The minimum Gasteiger partial charge on any atom is -0.396 e. The number of amides is 2. The van der Waals surface area contributed by atoms with Gasteiger partial charge in [-0.3, -0.25) is 14.3 Å². The molecule has 0 fully saturated rings. The normalized spacial score (nSPS) is 12.4. The van der Waals surface area contributed by atoms with Crippen molar-refractivity contribution in [3.8, 4) is 0 Å². The van der Waals surface area contributed by atoms with E-state index in [0.717, 1.165) is 49.4 Å². The number of fused-ring (bicyclic) bond motifs is 1. The average Bonchev–Trinajstić information content (AvgIpc) is 3.26. The van der Waals surface area contributed by atoms with E-state index >= 15 is 0 Å². The number of rotatable bonds is 19. The van der Waals surface area contributed by atoms with Gasteiger partial charge in [-0.05, 0) is 37.2 Å². The molecule has 212 valence electrons. The summed E-state index contributed by atoms with van der Waals surface area (Å²) in [5.41, 5.74) is 0.828. The second kappa shape index (κ2) is 17.0. The Morgan fingerprint density at radius 1 is 0.974 bits per heavy atom. The lowest BCUT2D eigenvalue weighted by atomic mass is 9.86. The monoisotopic (exact) mass is 526 g/mol. The number of aromatic nitrogens is 2. The fourth-order valence-corrected chi connectivity index (χ4v) is 4.69. The third kappa shape index (κ3) is 10.6. The molecule has 1 aromatic heterocycles. The maximum Gasteiger partial charge on any atom is 0.273 e. The van der Waals surface area contributed by atoms with Crippen molar-refractivity contribution in [3.05, 3.63) is 42.6 Å². The number of benzene rings is 1. The van der Waals surface area contributed by atoms with E-state index in [1.54, 1.807) is 0 Å². The van der Waals surface area contributed by atoms with Gasteiger partial charge in [-0.15, -0.1) is 6.58 Å². The van der Waals surface area contributed by atoms with E-state index in [2.05, 4.69) is 22.3 Å². The highest BCUT2D eigenvalue weighted by Crippen LogP contribution is 2.23. The zero-order valence-corrected chi connectivity index (χ0v) is 23.9. The van der Waals surface area contributed by atoms with Crippen molar-refractivity contribution < 1.29 is 14.7 Å². The SMILES string of the molecule is C=CCCCn1nc(C(=O)N[C@H](C(=O)NCCCCCCCCCCCCO)C(C)(C)C)c2ccccc21. The molecule has 2 amide bonds. The van der Waals surface area contributed by atoms with Crippen molar-refractivity contribution in [2.45, 2.75) is 110 Å². The second-order valence-electron chi connectivity index (χ2n) is 11.3. The van der Waals surface area contributed by atoms with Gasteiger partial charge in [0.1, 0.15) is 6.04 Å². The van der Waals surface area contributed by atoms with Crippen LogP contribution in [0.3, 0.4) is 0 Å². The molecule has 0 bridgehead atoms. The number of carbonyl (C=O) groups is 2. The van der Waals surface area contributed by atoms with Crippen molar-refractivity contribution in [1.82, 2.24) is 20.4 Å². The van der Waals surface area contributed by atoms with Gasteiger partial charge < -0.3 is 15.7 Å². The van der Waals surface area contributed by atoms with Crippen molar-refractivity contribution in [2.24, 2.45) is 5.41 Å². The fourth-order valence-electron chi connectivity index (χ4n) is 4.69. The molecule has 3 N–H and O–H groups in total. The molecule has 7 heteroatoms. The van der Waals surface area contributed by atoms with E-state index in [0.29, 0.717) is 25.4 Å². The van der Waals surface area contributed by atoms with Gasteiger partial charge in [0.05, 0.1) is 5.52 Å². The Morgan fingerprint density at radius 2 is 1.58 bits per heavy atom. The Morgan fingerprint density at radius 3 is 2.18 bits per heavy atom. The summed E-state index contributed by atoms with van der Waals surface area (Å²) in [4.78, 5) is 26.4. The van der Waals surface area contributed by atoms with E-state index in [4.69, 9.17) is 5.11 Å². The molecule has 0 unspecified atom stereocenters. The predicted octanol–water partition coefficient (Wildman–Crippen LogP) is 6.16. The highest BCUT2D eigenvalue weighted by atomic mass is 16.3. The number of nitrogens with zero attached hydrogens (tertiary/aromatic N) is 2. The van der Waals surface area contributed by atoms with E-state index in [-0.39, 0.29) is 11.8 Å². The first kappa shape index (κ1) is 31.5. The third-order valence-electron chi connectivity index (χ3n) is 6.94. The average molecular weight is 527 g/mol. The molecular weight excluding hydrogens is 476 g/mol. The largest absolute Gasteiger partial charge is 0.396 e. The summed E-state index contributed by atoms with van der Waals surface area (Å²) < 4.78 is 1.87. The first-order valence-electron chi connectivity index (χ1n) is 14.6. The Balaban J connectivity index is 1.84. The Bertz CT molecular complexity index is 993. The maximum atomic E-state index is 13.3. The number of aliphatic hydroxyl groups excluding tert-OH is 1. The molecule has 0 aliphatic rings. The van der Waals surface area contributed by atoms with Gasteiger partial charge in [-0.2, -0.15) is 5.10 Å². The van der Waals surface area contributed by atoms with Crippen molar-refractivity contribution in [3.63, 3.8) is 0 Å². The summed E-state index contributed by atoms with van der Waals surface area (Å²) in [6.07, 6.45) is 15.1. The summed E-state index contributed by atoms with van der Waals surface area (Å²) in [6.45, 7) is 11.3. The van der Waals surface area contributed by atoms with E-state index in [9.17, 15) is 9.59 Å². The van der Waals surface area contributed by atoms with Crippen LogP contribution >= 0.6 is 0 Å². The van der Waals surface area contributed by atoms with Crippen LogP contribution in [0.25, 0.3) is 10.9 Å². The van der Waals surface area contributed by atoms with Gasteiger partial charge in [0.15, 0.2) is 5.69 Å². The van der Waals surface area contributed by atoms with Crippen LogP contribution in [-0.4, -0.2) is 45.9 Å². The summed E-state index contributed by atoms with van der Waals surface area (Å²) in [5, 5.41) is 20.3. The quantitative estimate of drug-likeness (QED) is 0.151. The molecule has 1 aromatic carbocycles. The minimum atomic E-state index is -0.662. The Kier molecular flexibility index (Phi) is 14.1. The number of nitrogens with one attached hydrogen (secondary N) is 2. The smallest absolute Gasteiger partial charge is 0.273 e. The van der Waals surface area contributed by atoms with Gasteiger partial charge in [0.25, 0.3) is 5.91 Å². The number of unbranched alkanes of at least 4 members (excludes halogenated alkanes) is 10. The maximum absolute atomic E-state index is 13.3. The molecule has 0 aliphatic heterocycles. The van der Waals surface area contributed by atoms with Gasteiger partial charge in [-0.1, -0.05) is 96.4 Å². The van der Waals surface area contributed by atoms with E-state index in [1.165, 1.54) is 38.5 Å². The molecule has 38 heavy (non-hydrogen) atoms. The fraction of sp³-hybridized carbons (Fsp3) is 0.645. The Labute approximate surface area is 229 Å². The number of allylic oxidation sites excluding steroid dienone is 1. The predicted molar refractivity (Wildman–Crippen MR) is 156 cm³/mol. The molecule has 1 heterocycles. The van der Waals surface area contributed by atoms with Crippen LogP contribution in [0.1, 0.15) is 108 Å². The zero-order chi connectivity index (χ0) is 27.8. The molecule has 1 atom stereocenters. The Hall–Kier alpha value is -2.67. The lowest BCUT2D eigenvalue weighted by molar-refractivity contribution is -0.125. The van der Waals surface area contributed by atoms with Crippen LogP contribution in [0.5, 0.6) is 0 Å². The van der Waals surface area contributed by atoms with Crippen LogP contribution in [0.4, 0.5) is 0 Å². The van der Waals surface area contributed by atoms with Gasteiger partial charge >= 0.3 is 0 Å². The molecule has 2 rings (SSSR count). The topological polar surface area (TPSA) is 96.2 Å². The summed E-state index contributed by atoms with van der Waals surface area (Å²) in [6, 6.07) is 7.07. The highest BCUT2D eigenvalue weighted by molar-refractivity contribution is 6.06. The van der Waals surface area contributed by atoms with Crippen molar-refractivity contribution in [1.29, 1.82) is 0 Å². The first-order chi connectivity index (χ1) is 18.3. The molecule has 0 radical (unpaired) electrons. The third-order valence-corrected chi connectivity index (χ3v) is 6.94. The van der Waals surface area contributed by atoms with Crippen LogP contribution in [0.15, 0.2) is 36.9 Å². The molecule has 0 saturated carbocycles. The van der Waals surface area contributed by atoms with Gasteiger partial charge in [-0.25, -0.2) is 0 Å². The standard InChI is InChI=1S/C31H50N4O3/c1-5-6-18-23-35-26-21-16-15-20-25(26)27(34-35)29(37)33-28(31(2,3)4)30(38)32-22-17-13-11-9-7-8-10-12-14-19-24-36/h5,15-16,20-21,28,36H,1,6-14,17-19,22-24H2,2-4H3,(H,32,38)(H,33,37)/t28-/m1/s1. The first-order valence-corrected chi connectivity index (χ1v) is 14.6. The number of hydrogen-bond acceptors (Lipinski definition) is 4. The molecule has 0 aliphatic carbocycles. The van der Waals surface area contributed by atoms with Gasteiger partial charge in [0.2, 0.25) is 5.91 Å². The summed E-state index contributed by atoms with van der Waals surface area (Å²) in [7, 11) is 0. The van der Waals surface area contributed by atoms with Crippen LogP contribution in [0.2, 0.25) is 0 Å². The molecule has 2 aromatic rings. The van der Waals surface area contributed by atoms with Crippen LogP contribution in [0, 0.1) is 5.41 Å². The highest BCUT2D eigenvalue weighted by Gasteiger charge is 2.33.